The molecule has 0 aliphatic carbocycles. The van der Waals surface area contributed by atoms with E-state index in [9.17, 15) is 4.79 Å². The maximum atomic E-state index is 12.5. The molecule has 2 heterocycles. The molecule has 1 aromatic rings. The topological polar surface area (TPSA) is 50.4 Å². The lowest BCUT2D eigenvalue weighted by atomic mass is 9.87. The van der Waals surface area contributed by atoms with E-state index in [1.165, 1.54) is 0 Å². The average molecular weight is 274 g/mol. The smallest absolute Gasteiger partial charge is 0.227 e. The number of anilines is 1. The number of ether oxygens (including phenoxy) is 1. The molecule has 20 heavy (non-hydrogen) atoms. The number of fused-ring (bicyclic) bond motifs is 1. The van der Waals surface area contributed by atoms with Crippen LogP contribution in [0.2, 0.25) is 0 Å². The minimum atomic E-state index is -0.0520. The molecule has 1 fully saturated rings. The molecule has 2 aliphatic rings. The van der Waals surface area contributed by atoms with Gasteiger partial charge in [-0.25, -0.2) is 0 Å². The van der Waals surface area contributed by atoms with Crippen LogP contribution in [-0.4, -0.2) is 31.2 Å². The van der Waals surface area contributed by atoms with E-state index in [1.807, 2.05) is 24.3 Å². The number of para-hydroxylation sites is 1. The lowest BCUT2D eigenvalue weighted by Crippen LogP contribution is -2.39. The highest BCUT2D eigenvalue weighted by Crippen LogP contribution is 2.34. The summed E-state index contributed by atoms with van der Waals surface area (Å²) in [6.07, 6.45) is 3.20. The summed E-state index contributed by atoms with van der Waals surface area (Å²) in [5.41, 5.74) is 2.19. The fraction of sp³-hybridized carbons (Fsp3) is 0.562. The molecule has 4 heteroatoms. The minimum Gasteiger partial charge on any atom is -0.382 e. The fourth-order valence-electron chi connectivity index (χ4n) is 3.13. The number of carbonyl (C=O) groups excluding carboxylic acids is 1. The van der Waals surface area contributed by atoms with Gasteiger partial charge < -0.3 is 15.4 Å². The zero-order chi connectivity index (χ0) is 13.9. The summed E-state index contributed by atoms with van der Waals surface area (Å²) < 4.78 is 5.55. The van der Waals surface area contributed by atoms with Gasteiger partial charge in [-0.15, -0.1) is 0 Å². The normalized spacial score (nSPS) is 28.6. The van der Waals surface area contributed by atoms with Crippen molar-refractivity contribution < 1.29 is 9.53 Å². The summed E-state index contributed by atoms with van der Waals surface area (Å²) in [5.74, 6) is 0.0742. The molecule has 2 N–H and O–H groups in total. The largest absolute Gasteiger partial charge is 0.382 e. The average Bonchev–Trinajstić information content (AvgIpc) is 2.97. The van der Waals surface area contributed by atoms with Crippen LogP contribution in [0.3, 0.4) is 0 Å². The zero-order valence-corrected chi connectivity index (χ0v) is 11.9. The van der Waals surface area contributed by atoms with Gasteiger partial charge in [-0.05, 0) is 37.8 Å². The number of amides is 1. The Labute approximate surface area is 119 Å². The monoisotopic (exact) mass is 274 g/mol. The number of hydrogen-bond donors (Lipinski definition) is 2. The first kappa shape index (κ1) is 13.4. The van der Waals surface area contributed by atoms with E-state index in [0.717, 1.165) is 37.1 Å². The molecule has 0 spiro atoms. The van der Waals surface area contributed by atoms with Crippen LogP contribution < -0.4 is 10.6 Å². The van der Waals surface area contributed by atoms with E-state index in [1.54, 1.807) is 0 Å². The van der Waals surface area contributed by atoms with Gasteiger partial charge in [0.25, 0.3) is 0 Å². The fourth-order valence-corrected chi connectivity index (χ4v) is 3.13. The van der Waals surface area contributed by atoms with Gasteiger partial charge in [0.05, 0.1) is 12.0 Å². The molecule has 108 valence electrons. The van der Waals surface area contributed by atoms with Crippen LogP contribution in [0.15, 0.2) is 24.3 Å². The highest BCUT2D eigenvalue weighted by molar-refractivity contribution is 5.86. The number of benzene rings is 1. The summed E-state index contributed by atoms with van der Waals surface area (Å²) >= 11 is 0. The van der Waals surface area contributed by atoms with Crippen LogP contribution >= 0.6 is 0 Å². The van der Waals surface area contributed by atoms with E-state index in [-0.39, 0.29) is 17.9 Å². The quantitative estimate of drug-likeness (QED) is 0.889. The SMILES string of the molecule is CC1CC(C(=O)NCC2CCCO2)c2ccccc2N1. The molecule has 0 bridgehead atoms. The Morgan fingerprint density at radius 3 is 3.10 bits per heavy atom. The predicted molar refractivity (Wildman–Crippen MR) is 78.9 cm³/mol. The van der Waals surface area contributed by atoms with Crippen molar-refractivity contribution in [1.29, 1.82) is 0 Å². The summed E-state index contributed by atoms with van der Waals surface area (Å²) in [6.45, 7) is 3.59. The molecule has 4 nitrogen and oxygen atoms in total. The molecular formula is C16H22N2O2. The third-order valence-corrected chi connectivity index (χ3v) is 4.17. The van der Waals surface area contributed by atoms with E-state index in [4.69, 9.17) is 4.74 Å². The lowest BCUT2D eigenvalue weighted by Gasteiger charge is -2.30. The van der Waals surface area contributed by atoms with E-state index < -0.39 is 0 Å². The molecule has 3 unspecified atom stereocenters. The summed E-state index contributed by atoms with van der Waals surface area (Å²) in [4.78, 5) is 12.5. The molecule has 3 atom stereocenters. The Hall–Kier alpha value is -1.55. The second-order valence-corrected chi connectivity index (χ2v) is 5.80. The van der Waals surface area contributed by atoms with Crippen LogP contribution in [0, 0.1) is 0 Å². The highest BCUT2D eigenvalue weighted by atomic mass is 16.5. The number of rotatable bonds is 3. The Morgan fingerprint density at radius 1 is 1.45 bits per heavy atom. The first-order chi connectivity index (χ1) is 9.74. The Kier molecular flexibility index (Phi) is 3.92. The molecule has 0 radical (unpaired) electrons. The molecule has 1 aromatic carbocycles. The molecule has 1 saturated heterocycles. The third-order valence-electron chi connectivity index (χ3n) is 4.17. The second kappa shape index (κ2) is 5.83. The predicted octanol–water partition coefficient (Wildman–Crippen LogP) is 2.27. The molecule has 0 saturated carbocycles. The van der Waals surface area contributed by atoms with Crippen molar-refractivity contribution in [2.24, 2.45) is 0 Å². The Balaban J connectivity index is 1.67. The third kappa shape index (κ3) is 2.80. The summed E-state index contributed by atoms with van der Waals surface area (Å²) in [6, 6.07) is 8.42. The molecule has 0 aromatic heterocycles. The van der Waals surface area contributed by atoms with Crippen molar-refractivity contribution in [3.8, 4) is 0 Å². The van der Waals surface area contributed by atoms with E-state index >= 15 is 0 Å². The van der Waals surface area contributed by atoms with Crippen molar-refractivity contribution in [3.05, 3.63) is 29.8 Å². The van der Waals surface area contributed by atoms with Gasteiger partial charge in [-0.1, -0.05) is 18.2 Å². The van der Waals surface area contributed by atoms with Crippen molar-refractivity contribution in [1.82, 2.24) is 5.32 Å². The van der Waals surface area contributed by atoms with Crippen LogP contribution in [-0.2, 0) is 9.53 Å². The minimum absolute atomic E-state index is 0.0520. The van der Waals surface area contributed by atoms with Gasteiger partial charge in [-0.2, -0.15) is 0 Å². The van der Waals surface area contributed by atoms with Gasteiger partial charge in [0.2, 0.25) is 5.91 Å². The number of hydrogen-bond acceptors (Lipinski definition) is 3. The maximum Gasteiger partial charge on any atom is 0.227 e. The number of nitrogens with one attached hydrogen (secondary N) is 2. The van der Waals surface area contributed by atoms with Gasteiger partial charge in [0.1, 0.15) is 0 Å². The van der Waals surface area contributed by atoms with Gasteiger partial charge >= 0.3 is 0 Å². The molecule has 2 aliphatic heterocycles. The van der Waals surface area contributed by atoms with Crippen molar-refractivity contribution in [2.45, 2.75) is 44.2 Å². The first-order valence-electron chi connectivity index (χ1n) is 7.49. The molecule has 1 amide bonds. The first-order valence-corrected chi connectivity index (χ1v) is 7.49. The van der Waals surface area contributed by atoms with Gasteiger partial charge in [0, 0.05) is 24.9 Å². The van der Waals surface area contributed by atoms with Gasteiger partial charge in [-0.3, -0.25) is 4.79 Å². The maximum absolute atomic E-state index is 12.5. The Bertz CT molecular complexity index is 483. The van der Waals surface area contributed by atoms with Crippen LogP contribution in [0.4, 0.5) is 5.69 Å². The van der Waals surface area contributed by atoms with E-state index in [0.29, 0.717) is 12.6 Å². The van der Waals surface area contributed by atoms with Crippen LogP contribution in [0.5, 0.6) is 0 Å². The van der Waals surface area contributed by atoms with E-state index in [2.05, 4.69) is 17.6 Å². The zero-order valence-electron chi connectivity index (χ0n) is 11.9. The van der Waals surface area contributed by atoms with Crippen molar-refractivity contribution in [2.75, 3.05) is 18.5 Å². The van der Waals surface area contributed by atoms with Crippen molar-refractivity contribution in [3.63, 3.8) is 0 Å². The Morgan fingerprint density at radius 2 is 2.30 bits per heavy atom. The molecule has 3 rings (SSSR count). The summed E-state index contributed by atoms with van der Waals surface area (Å²) in [7, 11) is 0. The van der Waals surface area contributed by atoms with Crippen LogP contribution in [0.1, 0.15) is 37.7 Å². The number of carbonyl (C=O) groups is 1. The standard InChI is InChI=1S/C16H22N2O2/c1-11-9-14(13-6-2-3-7-15(13)18-11)16(19)17-10-12-5-4-8-20-12/h2-3,6-7,11-12,14,18H,4-5,8-10H2,1H3,(H,17,19). The van der Waals surface area contributed by atoms with Gasteiger partial charge in [0.15, 0.2) is 0 Å². The van der Waals surface area contributed by atoms with Crippen LogP contribution in [0.25, 0.3) is 0 Å². The highest BCUT2D eigenvalue weighted by Gasteiger charge is 2.29. The summed E-state index contributed by atoms with van der Waals surface area (Å²) in [5, 5.41) is 6.50. The molecular weight excluding hydrogens is 252 g/mol. The lowest BCUT2D eigenvalue weighted by molar-refractivity contribution is -0.123. The second-order valence-electron chi connectivity index (χ2n) is 5.80. The van der Waals surface area contributed by atoms with Crippen molar-refractivity contribution >= 4 is 11.6 Å².